The van der Waals surface area contributed by atoms with Crippen molar-refractivity contribution in [3.63, 3.8) is 0 Å². The molecule has 0 aromatic carbocycles. The second-order valence-corrected chi connectivity index (χ2v) is 2.94. The fraction of sp³-hybridized carbons (Fsp3) is 0.692. The third-order valence-electron chi connectivity index (χ3n) is 1.75. The van der Waals surface area contributed by atoms with E-state index in [0.717, 1.165) is 6.42 Å². The Bertz CT molecular complexity index is 232. The lowest BCUT2D eigenvalue weighted by molar-refractivity contribution is 0.788. The first-order valence-electron chi connectivity index (χ1n) is 6.04. The molecule has 1 heterocycles. The Kier molecular flexibility index (Phi) is 12.3. The zero-order valence-electron chi connectivity index (χ0n) is 11.3. The number of rotatable bonds is 2. The van der Waals surface area contributed by atoms with Crippen LogP contribution in [0.15, 0.2) is 12.5 Å². The Labute approximate surface area is 95.2 Å². The first-order chi connectivity index (χ1) is 7.25. The van der Waals surface area contributed by atoms with Gasteiger partial charge in [0.1, 0.15) is 6.33 Å². The van der Waals surface area contributed by atoms with Crippen LogP contribution in [0.3, 0.4) is 0 Å². The molecule has 0 unspecified atom stereocenters. The van der Waals surface area contributed by atoms with E-state index in [1.807, 2.05) is 33.9 Å². The van der Waals surface area contributed by atoms with E-state index in [0.29, 0.717) is 5.92 Å². The second-order valence-electron chi connectivity index (χ2n) is 2.94. The second kappa shape index (κ2) is 11.2. The molecule has 0 amide bonds. The lowest BCUT2D eigenvalue weighted by Gasteiger charge is -2.07. The van der Waals surface area contributed by atoms with Crippen molar-refractivity contribution < 1.29 is 0 Å². The molecular formula is C13H26N2. The van der Waals surface area contributed by atoms with Crippen LogP contribution in [0.25, 0.3) is 0 Å². The molecule has 0 radical (unpaired) electrons. The zero-order valence-corrected chi connectivity index (χ0v) is 11.3. The summed E-state index contributed by atoms with van der Waals surface area (Å²) in [4.78, 5) is 8.23. The highest BCUT2D eigenvalue weighted by Crippen LogP contribution is 2.15. The summed E-state index contributed by atoms with van der Waals surface area (Å²) >= 11 is 0. The molecule has 0 bridgehead atoms. The highest BCUT2D eigenvalue weighted by molar-refractivity contribution is 5.18. The minimum Gasteiger partial charge on any atom is -0.245 e. The van der Waals surface area contributed by atoms with Crippen LogP contribution in [0.5, 0.6) is 0 Å². The molecule has 0 saturated heterocycles. The van der Waals surface area contributed by atoms with Gasteiger partial charge in [0.2, 0.25) is 0 Å². The summed E-state index contributed by atoms with van der Waals surface area (Å²) in [5.74, 6) is 0.507. The van der Waals surface area contributed by atoms with Gasteiger partial charge in [-0.25, -0.2) is 9.97 Å². The molecule has 0 saturated carbocycles. The van der Waals surface area contributed by atoms with Gasteiger partial charge in [0.05, 0.1) is 0 Å². The van der Waals surface area contributed by atoms with Crippen molar-refractivity contribution in [1.29, 1.82) is 0 Å². The van der Waals surface area contributed by atoms with Crippen molar-refractivity contribution in [3.8, 4) is 0 Å². The third-order valence-corrected chi connectivity index (χ3v) is 1.75. The molecule has 0 fully saturated rings. The molecule has 0 aliphatic rings. The highest BCUT2D eigenvalue weighted by Gasteiger charge is 2.04. The standard InChI is InChI=1S/C9H14N2.2C2H6/c1-4-8-5-10-6-11-9(8)7(2)3;2*1-2/h5-7H,4H2,1-3H3;2*1-2H3. The summed E-state index contributed by atoms with van der Waals surface area (Å²) in [6.07, 6.45) is 4.55. The molecule has 0 spiro atoms. The predicted octanol–water partition coefficient (Wildman–Crippen LogP) is 4.21. The van der Waals surface area contributed by atoms with Crippen LogP contribution in [0.2, 0.25) is 0 Å². The van der Waals surface area contributed by atoms with Gasteiger partial charge in [0, 0.05) is 11.9 Å². The van der Waals surface area contributed by atoms with Crippen LogP contribution in [-0.4, -0.2) is 9.97 Å². The fourth-order valence-electron chi connectivity index (χ4n) is 1.16. The van der Waals surface area contributed by atoms with Gasteiger partial charge in [-0.05, 0) is 17.9 Å². The third kappa shape index (κ3) is 6.21. The SMILES string of the molecule is CC.CC.CCc1cncnc1C(C)C. The molecule has 88 valence electrons. The van der Waals surface area contributed by atoms with E-state index in [1.165, 1.54) is 11.3 Å². The molecule has 0 atom stereocenters. The zero-order chi connectivity index (χ0) is 12.3. The minimum atomic E-state index is 0.507. The van der Waals surface area contributed by atoms with Gasteiger partial charge < -0.3 is 0 Å². The van der Waals surface area contributed by atoms with Gasteiger partial charge in [-0.2, -0.15) is 0 Å². The lowest BCUT2D eigenvalue weighted by Crippen LogP contribution is -1.99. The van der Waals surface area contributed by atoms with E-state index in [9.17, 15) is 0 Å². The number of aryl methyl sites for hydroxylation is 1. The Morgan fingerprint density at radius 1 is 1.13 bits per heavy atom. The Hall–Kier alpha value is -0.920. The summed E-state index contributed by atoms with van der Waals surface area (Å²) in [6.45, 7) is 14.4. The predicted molar refractivity (Wildman–Crippen MR) is 68.2 cm³/mol. The maximum absolute atomic E-state index is 4.24. The van der Waals surface area contributed by atoms with Crippen LogP contribution < -0.4 is 0 Å². The molecule has 1 aromatic heterocycles. The summed E-state index contributed by atoms with van der Waals surface area (Å²) < 4.78 is 0. The van der Waals surface area contributed by atoms with Crippen LogP contribution in [0, 0.1) is 0 Å². The first kappa shape index (κ1) is 16.5. The van der Waals surface area contributed by atoms with Crippen molar-refractivity contribution in [1.82, 2.24) is 9.97 Å². The smallest absolute Gasteiger partial charge is 0.115 e. The monoisotopic (exact) mass is 210 g/mol. The maximum Gasteiger partial charge on any atom is 0.115 e. The average molecular weight is 210 g/mol. The van der Waals surface area contributed by atoms with Gasteiger partial charge in [0.25, 0.3) is 0 Å². The van der Waals surface area contributed by atoms with E-state index in [-0.39, 0.29) is 0 Å². The van der Waals surface area contributed by atoms with Gasteiger partial charge in [-0.1, -0.05) is 48.5 Å². The molecule has 15 heavy (non-hydrogen) atoms. The number of nitrogens with zero attached hydrogens (tertiary/aromatic N) is 2. The number of hydrogen-bond acceptors (Lipinski definition) is 2. The van der Waals surface area contributed by atoms with Crippen molar-refractivity contribution in [2.45, 2.75) is 60.8 Å². The average Bonchev–Trinajstić information content (AvgIpc) is 2.34. The summed E-state index contributed by atoms with van der Waals surface area (Å²) in [5, 5.41) is 0. The molecule has 1 rings (SSSR count). The molecule has 0 aliphatic heterocycles. The van der Waals surface area contributed by atoms with Crippen LogP contribution in [-0.2, 0) is 6.42 Å². The van der Waals surface area contributed by atoms with Crippen LogP contribution >= 0.6 is 0 Å². The minimum absolute atomic E-state index is 0.507. The topological polar surface area (TPSA) is 25.8 Å². The number of aromatic nitrogens is 2. The highest BCUT2D eigenvalue weighted by atomic mass is 14.8. The van der Waals surface area contributed by atoms with Crippen molar-refractivity contribution in [2.24, 2.45) is 0 Å². The molecule has 1 aromatic rings. The normalized spacial score (nSPS) is 8.53. The van der Waals surface area contributed by atoms with E-state index >= 15 is 0 Å². The van der Waals surface area contributed by atoms with Crippen molar-refractivity contribution in [2.75, 3.05) is 0 Å². The Balaban J connectivity index is 0. The van der Waals surface area contributed by atoms with E-state index in [2.05, 4.69) is 30.7 Å². The lowest BCUT2D eigenvalue weighted by atomic mass is 10.0. The molecule has 0 aliphatic carbocycles. The maximum atomic E-state index is 4.24. The molecular weight excluding hydrogens is 184 g/mol. The largest absolute Gasteiger partial charge is 0.245 e. The van der Waals surface area contributed by atoms with Gasteiger partial charge in [-0.3, -0.25) is 0 Å². The van der Waals surface area contributed by atoms with Gasteiger partial charge in [0.15, 0.2) is 0 Å². The Morgan fingerprint density at radius 2 is 1.67 bits per heavy atom. The van der Waals surface area contributed by atoms with Gasteiger partial charge in [-0.15, -0.1) is 0 Å². The van der Waals surface area contributed by atoms with Gasteiger partial charge >= 0.3 is 0 Å². The van der Waals surface area contributed by atoms with Crippen molar-refractivity contribution >= 4 is 0 Å². The van der Waals surface area contributed by atoms with Crippen LogP contribution in [0.4, 0.5) is 0 Å². The Morgan fingerprint density at radius 3 is 2.00 bits per heavy atom. The molecule has 2 heteroatoms. The summed E-state index contributed by atoms with van der Waals surface area (Å²) in [5.41, 5.74) is 2.45. The van der Waals surface area contributed by atoms with E-state index in [4.69, 9.17) is 0 Å². The fourth-order valence-corrected chi connectivity index (χ4v) is 1.16. The number of hydrogen-bond donors (Lipinski definition) is 0. The van der Waals surface area contributed by atoms with Crippen LogP contribution in [0.1, 0.15) is 65.6 Å². The molecule has 0 N–H and O–H groups in total. The van der Waals surface area contributed by atoms with Crippen molar-refractivity contribution in [3.05, 3.63) is 23.8 Å². The summed E-state index contributed by atoms with van der Waals surface area (Å²) in [7, 11) is 0. The van der Waals surface area contributed by atoms with E-state index in [1.54, 1.807) is 6.33 Å². The molecule has 2 nitrogen and oxygen atoms in total. The van der Waals surface area contributed by atoms with E-state index < -0.39 is 0 Å². The summed E-state index contributed by atoms with van der Waals surface area (Å²) in [6, 6.07) is 0. The first-order valence-corrected chi connectivity index (χ1v) is 6.04. The quantitative estimate of drug-likeness (QED) is 0.730.